The molecule has 1 N–H and O–H groups in total. The van der Waals surface area contributed by atoms with E-state index in [1.165, 1.54) is 44.6 Å². The monoisotopic (exact) mass is 560 g/mol. The number of carboxylic acids is 1. The van der Waals surface area contributed by atoms with Gasteiger partial charge in [0, 0.05) is 11.1 Å². The molecule has 6 heteroatoms. The molecule has 2 aromatic rings. The van der Waals surface area contributed by atoms with Crippen molar-refractivity contribution in [1.29, 1.82) is 0 Å². The van der Waals surface area contributed by atoms with E-state index in [9.17, 15) is 18.0 Å². The van der Waals surface area contributed by atoms with E-state index < -0.39 is 23.8 Å². The Morgan fingerprint density at radius 1 is 0.925 bits per heavy atom. The highest BCUT2D eigenvalue weighted by Gasteiger charge is 2.31. The number of halogens is 3. The topological polar surface area (TPSA) is 46.5 Å². The van der Waals surface area contributed by atoms with E-state index in [0.717, 1.165) is 56.6 Å². The highest BCUT2D eigenvalue weighted by atomic mass is 19.2. The fraction of sp³-hybridized carbons (Fsp3) is 0.618. The smallest absolute Gasteiger partial charge is 0.338 e. The van der Waals surface area contributed by atoms with Gasteiger partial charge in [-0.3, -0.25) is 0 Å². The first-order chi connectivity index (χ1) is 19.3. The molecule has 0 aromatic heterocycles. The first kappa shape index (κ1) is 32.0. The maximum Gasteiger partial charge on any atom is 0.338 e. The predicted octanol–water partition coefficient (Wildman–Crippen LogP) is 10.3. The summed E-state index contributed by atoms with van der Waals surface area (Å²) >= 11 is 0. The van der Waals surface area contributed by atoms with Crippen LogP contribution in [0.5, 0.6) is 5.75 Å². The van der Waals surface area contributed by atoms with Gasteiger partial charge in [0.05, 0.1) is 6.61 Å². The molecule has 40 heavy (non-hydrogen) atoms. The van der Waals surface area contributed by atoms with E-state index in [4.69, 9.17) is 9.84 Å². The summed E-state index contributed by atoms with van der Waals surface area (Å²) in [5.41, 5.74) is 1.88. The van der Waals surface area contributed by atoms with Gasteiger partial charge in [-0.05, 0) is 74.0 Å². The number of alkyl halides is 1. The third-order valence-corrected chi connectivity index (χ3v) is 8.71. The molecular formula is C34H47F3O3. The summed E-state index contributed by atoms with van der Waals surface area (Å²) in [4.78, 5) is 11.0. The molecule has 1 unspecified atom stereocenters. The van der Waals surface area contributed by atoms with Crippen LogP contribution in [0.2, 0.25) is 0 Å². The highest BCUT2D eigenvalue weighted by molar-refractivity contribution is 5.72. The normalized spacial score (nSPS) is 18.8. The fourth-order valence-electron chi connectivity index (χ4n) is 6.25. The zero-order chi connectivity index (χ0) is 28.9. The van der Waals surface area contributed by atoms with Crippen molar-refractivity contribution in [1.82, 2.24) is 0 Å². The second-order valence-corrected chi connectivity index (χ2v) is 11.5. The first-order valence-corrected chi connectivity index (χ1v) is 15.4. The molecule has 3 rings (SSSR count). The van der Waals surface area contributed by atoms with Gasteiger partial charge >= 0.3 is 5.97 Å². The number of carboxylic acid groups (broad SMARTS) is 1. The lowest BCUT2D eigenvalue weighted by Crippen LogP contribution is -2.26. The summed E-state index contributed by atoms with van der Waals surface area (Å²) in [7, 11) is 0. The summed E-state index contributed by atoms with van der Waals surface area (Å²) in [5, 5.41) is 8.99. The Morgan fingerprint density at radius 3 is 2.25 bits per heavy atom. The van der Waals surface area contributed by atoms with Crippen LogP contribution in [0.3, 0.4) is 0 Å². The lowest BCUT2D eigenvalue weighted by Gasteiger charge is -2.34. The molecule has 2 aromatic carbocycles. The van der Waals surface area contributed by atoms with E-state index in [1.807, 2.05) is 25.1 Å². The lowest BCUT2D eigenvalue weighted by molar-refractivity contribution is -0.143. The Labute approximate surface area is 238 Å². The zero-order valence-electron chi connectivity index (χ0n) is 24.3. The first-order valence-electron chi connectivity index (χ1n) is 15.4. The molecule has 0 aliphatic heterocycles. The molecule has 0 heterocycles. The largest absolute Gasteiger partial charge is 0.493 e. The van der Waals surface area contributed by atoms with E-state index in [-0.39, 0.29) is 17.9 Å². The van der Waals surface area contributed by atoms with Crippen molar-refractivity contribution in [3.05, 3.63) is 53.6 Å². The number of hydrogen-bond donors (Lipinski definition) is 1. The van der Waals surface area contributed by atoms with E-state index >= 15 is 0 Å². The molecule has 1 saturated carbocycles. The highest BCUT2D eigenvalue weighted by Crippen LogP contribution is 2.43. The molecule has 1 fully saturated rings. The van der Waals surface area contributed by atoms with Crippen molar-refractivity contribution in [3.8, 4) is 16.9 Å². The number of unbranched alkanes of at least 4 members (excludes halogenated alkanes) is 7. The van der Waals surface area contributed by atoms with Crippen molar-refractivity contribution < 1.29 is 27.8 Å². The molecule has 1 aliphatic rings. The minimum absolute atomic E-state index is 0.0657. The third kappa shape index (κ3) is 9.27. The molecule has 2 atom stereocenters. The number of rotatable bonds is 17. The Balaban J connectivity index is 1.66. The number of hydrogen-bond acceptors (Lipinski definition) is 2. The van der Waals surface area contributed by atoms with Crippen LogP contribution in [0, 0.1) is 23.5 Å². The number of ether oxygens (including phenoxy) is 1. The molecule has 0 saturated heterocycles. The average Bonchev–Trinajstić information content (AvgIpc) is 2.96. The van der Waals surface area contributed by atoms with Gasteiger partial charge in [-0.2, -0.15) is 0 Å². The van der Waals surface area contributed by atoms with Crippen molar-refractivity contribution in [2.24, 2.45) is 11.8 Å². The lowest BCUT2D eigenvalue weighted by atomic mass is 9.71. The Hall–Kier alpha value is -2.50. The minimum atomic E-state index is -1.81. The van der Waals surface area contributed by atoms with Gasteiger partial charge in [0.2, 0.25) is 0 Å². The molecular weight excluding hydrogens is 513 g/mol. The van der Waals surface area contributed by atoms with Crippen LogP contribution in [-0.2, 0) is 4.79 Å². The van der Waals surface area contributed by atoms with Gasteiger partial charge in [-0.15, -0.1) is 0 Å². The van der Waals surface area contributed by atoms with Crippen LogP contribution in [0.25, 0.3) is 11.1 Å². The number of aliphatic carboxylic acids is 1. The summed E-state index contributed by atoms with van der Waals surface area (Å²) in [6.45, 7) is 4.75. The van der Waals surface area contributed by atoms with Gasteiger partial charge in [0.15, 0.2) is 17.8 Å². The zero-order valence-corrected chi connectivity index (χ0v) is 24.3. The third-order valence-electron chi connectivity index (χ3n) is 8.71. The van der Waals surface area contributed by atoms with E-state index in [2.05, 4.69) is 6.92 Å². The maximum atomic E-state index is 14.7. The van der Waals surface area contributed by atoms with Crippen molar-refractivity contribution in [2.75, 3.05) is 6.61 Å². The SMILES string of the molecule is CCCCCCCCCCOc1cc([C@H]2CC[C@H](C(CC)C[C@H](F)C(=O)O)CC2)ccc1-c1cccc(F)c1F. The minimum Gasteiger partial charge on any atom is -0.493 e. The summed E-state index contributed by atoms with van der Waals surface area (Å²) < 4.78 is 48.9. The second-order valence-electron chi connectivity index (χ2n) is 11.5. The van der Waals surface area contributed by atoms with Crippen molar-refractivity contribution in [2.45, 2.75) is 116 Å². The van der Waals surface area contributed by atoms with Gasteiger partial charge < -0.3 is 9.84 Å². The summed E-state index contributed by atoms with van der Waals surface area (Å²) in [6.07, 6.45) is 12.3. The predicted molar refractivity (Wildman–Crippen MR) is 156 cm³/mol. The van der Waals surface area contributed by atoms with Crippen LogP contribution in [-0.4, -0.2) is 23.9 Å². The average molecular weight is 561 g/mol. The molecule has 3 nitrogen and oxygen atoms in total. The molecule has 0 bridgehead atoms. The standard InChI is InChI=1S/C34H47F3O3/c1-3-5-6-7-8-9-10-11-21-40-32-23-27(19-20-28(32)29-13-12-14-30(35)33(29)37)26-17-15-25(16-18-26)24(4-2)22-31(36)34(38)39/h12-14,19-20,23-26,31H,3-11,15-18,21-22H2,1-2H3,(H,38,39)/t24?,25-,26-,31-/m0/s1. The Morgan fingerprint density at radius 2 is 1.60 bits per heavy atom. The molecule has 0 spiro atoms. The summed E-state index contributed by atoms with van der Waals surface area (Å²) in [6, 6.07) is 10.1. The van der Waals surface area contributed by atoms with Crippen molar-refractivity contribution >= 4 is 5.97 Å². The molecule has 1 aliphatic carbocycles. The molecule has 0 radical (unpaired) electrons. The fourth-order valence-corrected chi connectivity index (χ4v) is 6.25. The Bertz CT molecular complexity index is 1050. The van der Waals surface area contributed by atoms with Gasteiger partial charge in [-0.25, -0.2) is 18.0 Å². The maximum absolute atomic E-state index is 14.7. The van der Waals surface area contributed by atoms with Gasteiger partial charge in [0.1, 0.15) is 5.75 Å². The van der Waals surface area contributed by atoms with Crippen LogP contribution < -0.4 is 4.74 Å². The van der Waals surface area contributed by atoms with Crippen molar-refractivity contribution in [3.63, 3.8) is 0 Å². The Kier molecular flexibility index (Phi) is 13.4. The van der Waals surface area contributed by atoms with Crippen LogP contribution >= 0.6 is 0 Å². The second kappa shape index (κ2) is 16.7. The molecule has 0 amide bonds. The number of benzene rings is 2. The molecule has 222 valence electrons. The van der Waals surface area contributed by atoms with Crippen LogP contribution in [0.4, 0.5) is 13.2 Å². The van der Waals surface area contributed by atoms with Gasteiger partial charge in [0.25, 0.3) is 0 Å². The van der Waals surface area contributed by atoms with Crippen LogP contribution in [0.1, 0.15) is 115 Å². The summed E-state index contributed by atoms with van der Waals surface area (Å²) in [5.74, 6) is -1.86. The quantitative estimate of drug-likeness (QED) is 0.196. The van der Waals surface area contributed by atoms with E-state index in [0.29, 0.717) is 29.8 Å². The van der Waals surface area contributed by atoms with E-state index in [1.54, 1.807) is 6.07 Å². The van der Waals surface area contributed by atoms with Gasteiger partial charge in [-0.1, -0.05) is 89.5 Å². The van der Waals surface area contributed by atoms with Crippen LogP contribution in [0.15, 0.2) is 36.4 Å². The number of carbonyl (C=O) groups is 1.